The Labute approximate surface area is 118 Å². The molecule has 1 heterocycles. The zero-order valence-corrected chi connectivity index (χ0v) is 12.2. The molecule has 1 aromatic heterocycles. The molecule has 100 valence electrons. The highest BCUT2D eigenvalue weighted by atomic mass is 79.9. The van der Waals surface area contributed by atoms with Gasteiger partial charge in [-0.05, 0) is 41.1 Å². The van der Waals surface area contributed by atoms with Crippen LogP contribution in [0.1, 0.15) is 21.6 Å². The summed E-state index contributed by atoms with van der Waals surface area (Å²) in [5.41, 5.74) is 2.36. The SMILES string of the molecule is Cc1c(CNC(=O)c2ccc(F)cc2Br)cnn1C. The maximum Gasteiger partial charge on any atom is 0.252 e. The number of hydrogen-bond acceptors (Lipinski definition) is 2. The highest BCUT2D eigenvalue weighted by molar-refractivity contribution is 9.10. The first-order valence-electron chi connectivity index (χ1n) is 5.69. The lowest BCUT2D eigenvalue weighted by Gasteiger charge is -2.07. The summed E-state index contributed by atoms with van der Waals surface area (Å²) in [6.45, 7) is 2.32. The number of benzene rings is 1. The molecule has 2 rings (SSSR count). The summed E-state index contributed by atoms with van der Waals surface area (Å²) in [5, 5.41) is 6.89. The second-order valence-corrected chi connectivity index (χ2v) is 5.04. The van der Waals surface area contributed by atoms with Crippen molar-refractivity contribution in [2.45, 2.75) is 13.5 Å². The minimum absolute atomic E-state index is 0.255. The number of nitrogens with zero attached hydrogens (tertiary/aromatic N) is 2. The molecular formula is C13H13BrFN3O. The Bertz CT molecular complexity index is 624. The number of aryl methyl sites for hydroxylation is 1. The van der Waals surface area contributed by atoms with Gasteiger partial charge in [-0.3, -0.25) is 9.48 Å². The van der Waals surface area contributed by atoms with E-state index in [1.807, 2.05) is 14.0 Å². The van der Waals surface area contributed by atoms with Crippen molar-refractivity contribution in [2.24, 2.45) is 7.05 Å². The van der Waals surface area contributed by atoms with Gasteiger partial charge in [-0.2, -0.15) is 5.10 Å². The third kappa shape index (κ3) is 3.01. The second-order valence-electron chi connectivity index (χ2n) is 4.19. The van der Waals surface area contributed by atoms with Gasteiger partial charge in [0.15, 0.2) is 0 Å². The van der Waals surface area contributed by atoms with Gasteiger partial charge in [-0.15, -0.1) is 0 Å². The summed E-state index contributed by atoms with van der Waals surface area (Å²) in [4.78, 5) is 12.0. The molecule has 0 bridgehead atoms. The van der Waals surface area contributed by atoms with E-state index in [4.69, 9.17) is 0 Å². The van der Waals surface area contributed by atoms with Gasteiger partial charge in [0, 0.05) is 29.3 Å². The summed E-state index contributed by atoms with van der Waals surface area (Å²) in [7, 11) is 1.84. The van der Waals surface area contributed by atoms with E-state index in [0.29, 0.717) is 16.6 Å². The molecule has 2 aromatic rings. The molecule has 0 saturated carbocycles. The number of carbonyl (C=O) groups excluding carboxylic acids is 1. The van der Waals surface area contributed by atoms with Crippen molar-refractivity contribution in [3.63, 3.8) is 0 Å². The van der Waals surface area contributed by atoms with E-state index in [0.717, 1.165) is 11.3 Å². The number of halogens is 2. The van der Waals surface area contributed by atoms with Crippen LogP contribution in [0.3, 0.4) is 0 Å². The van der Waals surface area contributed by atoms with Crippen LogP contribution in [0.25, 0.3) is 0 Å². The first-order chi connectivity index (χ1) is 8.99. The Balaban J connectivity index is 2.07. The Morgan fingerprint density at radius 2 is 2.26 bits per heavy atom. The van der Waals surface area contributed by atoms with Gasteiger partial charge in [0.1, 0.15) is 5.82 Å². The highest BCUT2D eigenvalue weighted by Gasteiger charge is 2.11. The van der Waals surface area contributed by atoms with Gasteiger partial charge in [0.2, 0.25) is 0 Å². The monoisotopic (exact) mass is 325 g/mol. The van der Waals surface area contributed by atoms with Crippen LogP contribution < -0.4 is 5.32 Å². The summed E-state index contributed by atoms with van der Waals surface area (Å²) in [5.74, 6) is -0.637. The molecule has 0 spiro atoms. The third-order valence-corrected chi connectivity index (χ3v) is 3.61. The van der Waals surface area contributed by atoms with Crippen LogP contribution in [-0.2, 0) is 13.6 Å². The standard InChI is InChI=1S/C13H13BrFN3O/c1-8-9(7-17-18(8)2)6-16-13(19)11-4-3-10(15)5-12(11)14/h3-5,7H,6H2,1-2H3,(H,16,19). The van der Waals surface area contributed by atoms with Gasteiger partial charge in [0.05, 0.1) is 11.8 Å². The largest absolute Gasteiger partial charge is 0.348 e. The fraction of sp³-hybridized carbons (Fsp3) is 0.231. The average molecular weight is 326 g/mol. The first-order valence-corrected chi connectivity index (χ1v) is 6.49. The Kier molecular flexibility index (Phi) is 3.99. The Morgan fingerprint density at radius 3 is 2.84 bits per heavy atom. The molecule has 0 aliphatic rings. The molecule has 0 fully saturated rings. The lowest BCUT2D eigenvalue weighted by Crippen LogP contribution is -2.23. The molecule has 0 atom stereocenters. The van der Waals surface area contributed by atoms with Gasteiger partial charge < -0.3 is 5.32 Å². The molecule has 0 unspecified atom stereocenters. The van der Waals surface area contributed by atoms with E-state index >= 15 is 0 Å². The predicted molar refractivity (Wildman–Crippen MR) is 73.2 cm³/mol. The van der Waals surface area contributed by atoms with Crippen LogP contribution in [0.15, 0.2) is 28.9 Å². The molecule has 1 N–H and O–H groups in total. The zero-order valence-electron chi connectivity index (χ0n) is 10.6. The van der Waals surface area contributed by atoms with E-state index in [9.17, 15) is 9.18 Å². The smallest absolute Gasteiger partial charge is 0.252 e. The van der Waals surface area contributed by atoms with E-state index < -0.39 is 0 Å². The van der Waals surface area contributed by atoms with Crippen molar-refractivity contribution >= 4 is 21.8 Å². The molecule has 0 radical (unpaired) electrons. The van der Waals surface area contributed by atoms with Crippen molar-refractivity contribution in [2.75, 3.05) is 0 Å². The molecular weight excluding hydrogens is 313 g/mol. The van der Waals surface area contributed by atoms with Crippen molar-refractivity contribution in [3.05, 3.63) is 51.5 Å². The van der Waals surface area contributed by atoms with E-state index in [1.165, 1.54) is 18.2 Å². The summed E-state index contributed by atoms with van der Waals surface area (Å²) in [6, 6.07) is 3.98. The Morgan fingerprint density at radius 1 is 1.53 bits per heavy atom. The number of hydrogen-bond donors (Lipinski definition) is 1. The van der Waals surface area contributed by atoms with Crippen molar-refractivity contribution < 1.29 is 9.18 Å². The molecule has 0 saturated heterocycles. The Hall–Kier alpha value is -1.69. The van der Waals surface area contributed by atoms with Crippen molar-refractivity contribution in [1.82, 2.24) is 15.1 Å². The third-order valence-electron chi connectivity index (χ3n) is 2.95. The molecule has 19 heavy (non-hydrogen) atoms. The van der Waals surface area contributed by atoms with Crippen LogP contribution in [0.5, 0.6) is 0 Å². The highest BCUT2D eigenvalue weighted by Crippen LogP contribution is 2.18. The number of rotatable bonds is 3. The first kappa shape index (κ1) is 13.7. The maximum absolute atomic E-state index is 12.9. The normalized spacial score (nSPS) is 10.5. The summed E-state index contributed by atoms with van der Waals surface area (Å²) < 4.78 is 15.1. The topological polar surface area (TPSA) is 46.9 Å². The van der Waals surface area contributed by atoms with Gasteiger partial charge in [-0.1, -0.05) is 0 Å². The van der Waals surface area contributed by atoms with Gasteiger partial charge >= 0.3 is 0 Å². The van der Waals surface area contributed by atoms with Gasteiger partial charge in [0.25, 0.3) is 5.91 Å². The molecule has 6 heteroatoms. The minimum Gasteiger partial charge on any atom is -0.348 e. The van der Waals surface area contributed by atoms with E-state index in [1.54, 1.807) is 10.9 Å². The maximum atomic E-state index is 12.9. The summed E-state index contributed by atoms with van der Waals surface area (Å²) in [6.07, 6.45) is 1.72. The zero-order chi connectivity index (χ0) is 14.0. The number of nitrogens with one attached hydrogen (secondary N) is 1. The molecule has 0 aliphatic carbocycles. The van der Waals surface area contributed by atoms with E-state index in [-0.39, 0.29) is 11.7 Å². The fourth-order valence-corrected chi connectivity index (χ4v) is 2.19. The van der Waals surface area contributed by atoms with Crippen LogP contribution in [0.2, 0.25) is 0 Å². The molecule has 4 nitrogen and oxygen atoms in total. The van der Waals surface area contributed by atoms with Crippen LogP contribution in [-0.4, -0.2) is 15.7 Å². The van der Waals surface area contributed by atoms with Crippen LogP contribution >= 0.6 is 15.9 Å². The quantitative estimate of drug-likeness (QED) is 0.942. The lowest BCUT2D eigenvalue weighted by molar-refractivity contribution is 0.0950. The molecule has 1 aromatic carbocycles. The van der Waals surface area contributed by atoms with Crippen molar-refractivity contribution in [3.8, 4) is 0 Å². The number of amides is 1. The van der Waals surface area contributed by atoms with E-state index in [2.05, 4.69) is 26.3 Å². The predicted octanol–water partition coefficient (Wildman–Crippen LogP) is 2.56. The number of aromatic nitrogens is 2. The van der Waals surface area contributed by atoms with Crippen LogP contribution in [0.4, 0.5) is 4.39 Å². The average Bonchev–Trinajstić information content (AvgIpc) is 2.67. The molecule has 0 aliphatic heterocycles. The number of carbonyl (C=O) groups is 1. The summed E-state index contributed by atoms with van der Waals surface area (Å²) >= 11 is 3.18. The lowest BCUT2D eigenvalue weighted by atomic mass is 10.2. The van der Waals surface area contributed by atoms with Gasteiger partial charge in [-0.25, -0.2) is 4.39 Å². The fourth-order valence-electron chi connectivity index (χ4n) is 1.66. The molecule has 1 amide bonds. The van der Waals surface area contributed by atoms with Crippen molar-refractivity contribution in [1.29, 1.82) is 0 Å². The second kappa shape index (κ2) is 5.52. The minimum atomic E-state index is -0.383. The van der Waals surface area contributed by atoms with Crippen LogP contribution in [0, 0.1) is 12.7 Å².